The molecule has 0 unspecified atom stereocenters. The van der Waals surface area contributed by atoms with E-state index in [0.717, 1.165) is 12.8 Å². The van der Waals surface area contributed by atoms with Gasteiger partial charge in [-0.3, -0.25) is 14.9 Å². The average Bonchev–Trinajstić information content (AvgIpc) is 2.37. The van der Waals surface area contributed by atoms with Gasteiger partial charge < -0.3 is 0 Å². The fraction of sp³-hybridized carbons (Fsp3) is 0.500. The van der Waals surface area contributed by atoms with Crippen LogP contribution in [0, 0.1) is 16.0 Å². The van der Waals surface area contributed by atoms with Gasteiger partial charge in [0.25, 0.3) is 0 Å². The van der Waals surface area contributed by atoms with Crippen LogP contribution >= 0.6 is 23.2 Å². The lowest BCUT2D eigenvalue weighted by molar-refractivity contribution is -0.484. The topological polar surface area (TPSA) is 60.2 Å². The second-order valence-corrected chi connectivity index (χ2v) is 5.95. The third-order valence-corrected chi connectivity index (χ3v) is 4.36. The molecule has 0 amide bonds. The Labute approximate surface area is 127 Å². The monoisotopic (exact) mass is 315 g/mol. The van der Waals surface area contributed by atoms with Gasteiger partial charge in [-0.2, -0.15) is 0 Å². The summed E-state index contributed by atoms with van der Waals surface area (Å²) in [7, 11) is 0. The van der Waals surface area contributed by atoms with Gasteiger partial charge in [-0.05, 0) is 30.5 Å². The number of carbonyl (C=O) groups is 1. The van der Waals surface area contributed by atoms with E-state index in [-0.39, 0.29) is 23.2 Å². The lowest BCUT2D eigenvalue weighted by Crippen LogP contribution is -2.30. The molecule has 1 aromatic carbocycles. The van der Waals surface area contributed by atoms with Crippen LogP contribution in [0.15, 0.2) is 18.2 Å². The Bertz CT molecular complexity index is 533. The summed E-state index contributed by atoms with van der Waals surface area (Å²) >= 11 is 12.0. The molecular formula is C14H15Cl2NO3. The number of Topliss-reactive ketones (excluding diaryl/α,β-unsaturated/α-hetero) is 1. The van der Waals surface area contributed by atoms with Gasteiger partial charge in [0.05, 0.1) is 5.92 Å². The largest absolute Gasteiger partial charge is 0.299 e. The Morgan fingerprint density at radius 1 is 1.35 bits per heavy atom. The molecule has 1 fully saturated rings. The van der Waals surface area contributed by atoms with Crippen LogP contribution in [-0.2, 0) is 4.79 Å². The minimum atomic E-state index is -0.470. The molecule has 108 valence electrons. The molecule has 0 aliphatic heterocycles. The highest BCUT2D eigenvalue weighted by molar-refractivity contribution is 6.35. The summed E-state index contributed by atoms with van der Waals surface area (Å²) in [4.78, 5) is 22.6. The standard InChI is InChI=1S/C14H15Cl2NO3/c15-9-5-6-10(13(16)7-9)12(8-17(19)20)11-3-1-2-4-14(11)18/h5-7,11-12H,1-4,8H2/t11-,12+/m0/s1. The highest BCUT2D eigenvalue weighted by Gasteiger charge is 2.35. The SMILES string of the molecule is O=C1CCCC[C@H]1[C@H](C[N+](=O)[O-])c1ccc(Cl)cc1Cl. The van der Waals surface area contributed by atoms with Crippen LogP contribution in [0.4, 0.5) is 0 Å². The Hall–Kier alpha value is -1.13. The molecule has 6 heteroatoms. The van der Waals surface area contributed by atoms with Crippen molar-refractivity contribution in [3.05, 3.63) is 43.9 Å². The van der Waals surface area contributed by atoms with E-state index in [1.54, 1.807) is 18.2 Å². The van der Waals surface area contributed by atoms with E-state index in [1.807, 2.05) is 0 Å². The molecular weight excluding hydrogens is 301 g/mol. The summed E-state index contributed by atoms with van der Waals surface area (Å²) < 4.78 is 0. The quantitative estimate of drug-likeness (QED) is 0.620. The highest BCUT2D eigenvalue weighted by Crippen LogP contribution is 2.37. The first-order chi connectivity index (χ1) is 9.49. The molecule has 0 N–H and O–H groups in total. The molecule has 0 radical (unpaired) electrons. The second kappa shape index (κ2) is 6.55. The number of hydrogen-bond donors (Lipinski definition) is 0. The minimum absolute atomic E-state index is 0.106. The van der Waals surface area contributed by atoms with E-state index in [4.69, 9.17) is 23.2 Å². The van der Waals surface area contributed by atoms with Gasteiger partial charge in [0.1, 0.15) is 5.78 Å². The predicted octanol–water partition coefficient (Wildman–Crippen LogP) is 4.11. The third-order valence-electron chi connectivity index (χ3n) is 3.80. The smallest absolute Gasteiger partial charge is 0.211 e. The van der Waals surface area contributed by atoms with Crippen molar-refractivity contribution in [2.24, 2.45) is 5.92 Å². The van der Waals surface area contributed by atoms with Gasteiger partial charge >= 0.3 is 0 Å². The maximum atomic E-state index is 12.1. The van der Waals surface area contributed by atoms with Crippen LogP contribution in [-0.4, -0.2) is 17.3 Å². The number of benzene rings is 1. The van der Waals surface area contributed by atoms with Crippen molar-refractivity contribution in [1.82, 2.24) is 0 Å². The first-order valence-electron chi connectivity index (χ1n) is 6.58. The molecule has 2 rings (SSSR count). The fourth-order valence-electron chi connectivity index (χ4n) is 2.84. The summed E-state index contributed by atoms with van der Waals surface area (Å²) in [5.41, 5.74) is 0.646. The molecule has 1 aliphatic carbocycles. The van der Waals surface area contributed by atoms with Gasteiger partial charge in [-0.1, -0.05) is 35.7 Å². The molecule has 0 spiro atoms. The summed E-state index contributed by atoms with van der Waals surface area (Å²) in [6, 6.07) is 4.92. The Kier molecular flexibility index (Phi) is 5.00. The second-order valence-electron chi connectivity index (χ2n) is 5.11. The van der Waals surface area contributed by atoms with Gasteiger partial charge in [0.15, 0.2) is 0 Å². The van der Waals surface area contributed by atoms with Gasteiger partial charge in [0.2, 0.25) is 6.54 Å². The summed E-state index contributed by atoms with van der Waals surface area (Å²) in [5.74, 6) is -0.676. The predicted molar refractivity (Wildman–Crippen MR) is 78.0 cm³/mol. The maximum Gasteiger partial charge on any atom is 0.211 e. The van der Waals surface area contributed by atoms with E-state index in [0.29, 0.717) is 28.5 Å². The zero-order valence-electron chi connectivity index (χ0n) is 10.9. The number of ketones is 1. The van der Waals surface area contributed by atoms with Crippen LogP contribution in [0.5, 0.6) is 0 Å². The number of nitro groups is 1. The number of carbonyl (C=O) groups excluding carboxylic acids is 1. The van der Waals surface area contributed by atoms with Crippen molar-refractivity contribution in [3.8, 4) is 0 Å². The first kappa shape index (κ1) is 15.3. The lowest BCUT2D eigenvalue weighted by atomic mass is 9.76. The first-order valence-corrected chi connectivity index (χ1v) is 7.34. The van der Waals surface area contributed by atoms with Gasteiger partial charge in [-0.25, -0.2) is 0 Å². The highest BCUT2D eigenvalue weighted by atomic mass is 35.5. The molecule has 0 saturated heterocycles. The Morgan fingerprint density at radius 3 is 2.70 bits per heavy atom. The molecule has 4 nitrogen and oxygen atoms in total. The van der Waals surface area contributed by atoms with Crippen molar-refractivity contribution in [2.75, 3.05) is 6.54 Å². The van der Waals surface area contributed by atoms with Crippen LogP contribution in [0.25, 0.3) is 0 Å². The van der Waals surface area contributed by atoms with Crippen molar-refractivity contribution in [2.45, 2.75) is 31.6 Å². The number of rotatable bonds is 4. The van der Waals surface area contributed by atoms with Crippen LogP contribution < -0.4 is 0 Å². The van der Waals surface area contributed by atoms with E-state index in [9.17, 15) is 14.9 Å². The fourth-order valence-corrected chi connectivity index (χ4v) is 3.39. The van der Waals surface area contributed by atoms with E-state index >= 15 is 0 Å². The molecule has 1 aliphatic rings. The van der Waals surface area contributed by atoms with E-state index in [1.165, 1.54) is 0 Å². The zero-order valence-corrected chi connectivity index (χ0v) is 12.4. The summed E-state index contributed by atoms with van der Waals surface area (Å²) in [5, 5.41) is 11.8. The zero-order chi connectivity index (χ0) is 14.7. The van der Waals surface area contributed by atoms with E-state index < -0.39 is 5.92 Å². The molecule has 0 aromatic heterocycles. The number of nitrogens with zero attached hydrogens (tertiary/aromatic N) is 1. The average molecular weight is 316 g/mol. The number of hydrogen-bond acceptors (Lipinski definition) is 3. The van der Waals surface area contributed by atoms with Crippen molar-refractivity contribution in [3.63, 3.8) is 0 Å². The van der Waals surface area contributed by atoms with Crippen molar-refractivity contribution >= 4 is 29.0 Å². The lowest BCUT2D eigenvalue weighted by Gasteiger charge is -2.27. The summed E-state index contributed by atoms with van der Waals surface area (Å²) in [6.07, 6.45) is 2.99. The molecule has 0 heterocycles. The Balaban J connectivity index is 2.35. The minimum Gasteiger partial charge on any atom is -0.299 e. The van der Waals surface area contributed by atoms with Gasteiger partial charge in [-0.15, -0.1) is 0 Å². The van der Waals surface area contributed by atoms with Crippen molar-refractivity contribution in [1.29, 1.82) is 0 Å². The van der Waals surface area contributed by atoms with Crippen LogP contribution in [0.1, 0.15) is 37.2 Å². The maximum absolute atomic E-state index is 12.1. The van der Waals surface area contributed by atoms with Gasteiger partial charge in [0, 0.05) is 27.3 Å². The summed E-state index contributed by atoms with van der Waals surface area (Å²) in [6.45, 7) is -0.280. The van der Waals surface area contributed by atoms with Crippen LogP contribution in [0.2, 0.25) is 10.0 Å². The molecule has 20 heavy (non-hydrogen) atoms. The molecule has 1 saturated carbocycles. The normalized spacial score (nSPS) is 20.7. The van der Waals surface area contributed by atoms with E-state index in [2.05, 4.69) is 0 Å². The molecule has 0 bridgehead atoms. The van der Waals surface area contributed by atoms with Crippen LogP contribution in [0.3, 0.4) is 0 Å². The number of halogens is 2. The third kappa shape index (κ3) is 3.49. The molecule has 2 atom stereocenters. The van der Waals surface area contributed by atoms with Crippen molar-refractivity contribution < 1.29 is 9.72 Å². The molecule has 1 aromatic rings. The Morgan fingerprint density at radius 2 is 2.10 bits per heavy atom.